The van der Waals surface area contributed by atoms with Crippen LogP contribution in [0.25, 0.3) is 0 Å². The fraction of sp³-hybridized carbons (Fsp3) is 1.00. The first-order chi connectivity index (χ1) is 5.38. The molecule has 0 aromatic rings. The molecule has 0 aliphatic heterocycles. The predicted molar refractivity (Wildman–Crippen MR) is 46.0 cm³/mol. The Morgan fingerprint density at radius 3 is 2.17 bits per heavy atom. The van der Waals surface area contributed by atoms with Crippen molar-refractivity contribution in [2.45, 2.75) is 38.1 Å². The average molecular weight is 201 g/mol. The molecule has 1 atom stereocenters. The topological polar surface area (TPSA) is 38.0 Å². The number of hydrogen-bond acceptors (Lipinski definition) is 2. The Balaban J connectivity index is 3.84. The lowest BCUT2D eigenvalue weighted by atomic mass is 10.0. The summed E-state index contributed by atoms with van der Waals surface area (Å²) >= 11 is 4.81. The van der Waals surface area contributed by atoms with Crippen LogP contribution >= 0.6 is 11.6 Å². The second-order valence-corrected chi connectivity index (χ2v) is 3.74. The predicted octanol–water partition coefficient (Wildman–Crippen LogP) is 2.09. The molecule has 0 aromatic heterocycles. The molecule has 1 unspecified atom stereocenters. The van der Waals surface area contributed by atoms with Crippen LogP contribution < -0.4 is 11.3 Å². The van der Waals surface area contributed by atoms with Crippen LogP contribution in [-0.4, -0.2) is 11.4 Å². The maximum atomic E-state index is 12.5. The maximum absolute atomic E-state index is 12.5. The molecule has 0 fully saturated rings. The average Bonchev–Trinajstić information content (AvgIpc) is 1.85. The van der Waals surface area contributed by atoms with E-state index in [0.29, 0.717) is 12.3 Å². The van der Waals surface area contributed by atoms with Crippen molar-refractivity contribution in [2.24, 2.45) is 11.8 Å². The molecule has 0 aliphatic carbocycles. The van der Waals surface area contributed by atoms with Gasteiger partial charge in [0.15, 0.2) is 0 Å². The summed E-state index contributed by atoms with van der Waals surface area (Å²) in [4.78, 5) is 0. The van der Waals surface area contributed by atoms with Gasteiger partial charge in [0.1, 0.15) is 0 Å². The van der Waals surface area contributed by atoms with Crippen molar-refractivity contribution in [1.82, 2.24) is 5.43 Å². The molecule has 0 aliphatic rings. The van der Waals surface area contributed by atoms with Gasteiger partial charge in [-0.3, -0.25) is 5.84 Å². The van der Waals surface area contributed by atoms with Gasteiger partial charge in [0.2, 0.25) is 0 Å². The van der Waals surface area contributed by atoms with Gasteiger partial charge in [-0.25, -0.2) is 5.43 Å². The van der Waals surface area contributed by atoms with Crippen LogP contribution in [0.15, 0.2) is 0 Å². The minimum atomic E-state index is -3.26. The maximum Gasteiger partial charge on any atom is 0.338 e. The van der Waals surface area contributed by atoms with Crippen molar-refractivity contribution < 1.29 is 8.78 Å². The quantitative estimate of drug-likeness (QED) is 0.405. The third-order valence-corrected chi connectivity index (χ3v) is 1.89. The molecule has 0 heterocycles. The zero-order chi connectivity index (χ0) is 9.78. The van der Waals surface area contributed by atoms with Crippen molar-refractivity contribution in [3.63, 3.8) is 0 Å². The summed E-state index contributed by atoms with van der Waals surface area (Å²) in [7, 11) is 0. The Labute approximate surface area is 76.4 Å². The van der Waals surface area contributed by atoms with Gasteiger partial charge in [-0.05, 0) is 30.4 Å². The summed E-state index contributed by atoms with van der Waals surface area (Å²) in [6, 6.07) is -1.14. The number of nitrogens with two attached hydrogens (primary N) is 1. The van der Waals surface area contributed by atoms with Crippen LogP contribution in [0.3, 0.4) is 0 Å². The second-order valence-electron chi connectivity index (χ2n) is 3.23. The summed E-state index contributed by atoms with van der Waals surface area (Å²) in [6.07, 6.45) is 0.960. The van der Waals surface area contributed by atoms with E-state index < -0.39 is 11.4 Å². The number of alkyl halides is 3. The van der Waals surface area contributed by atoms with Crippen LogP contribution in [0.2, 0.25) is 0 Å². The fourth-order valence-electron chi connectivity index (χ4n) is 0.841. The molecule has 0 saturated carbocycles. The Morgan fingerprint density at radius 1 is 1.42 bits per heavy atom. The monoisotopic (exact) mass is 200 g/mol. The van der Waals surface area contributed by atoms with Crippen molar-refractivity contribution in [3.8, 4) is 0 Å². The highest BCUT2D eigenvalue weighted by Crippen LogP contribution is 2.26. The Hall–Kier alpha value is 0.0700. The summed E-state index contributed by atoms with van der Waals surface area (Å²) < 4.78 is 24.9. The van der Waals surface area contributed by atoms with Gasteiger partial charge in [0.05, 0.1) is 6.04 Å². The minimum Gasteiger partial charge on any atom is -0.271 e. The van der Waals surface area contributed by atoms with Crippen LogP contribution in [0.1, 0.15) is 26.7 Å². The summed E-state index contributed by atoms with van der Waals surface area (Å²) in [6.45, 7) is 3.92. The first kappa shape index (κ1) is 12.1. The van der Waals surface area contributed by atoms with E-state index in [-0.39, 0.29) is 6.42 Å². The lowest BCUT2D eigenvalue weighted by Crippen LogP contribution is -2.45. The first-order valence-corrected chi connectivity index (χ1v) is 4.28. The molecule has 0 aromatic carbocycles. The third-order valence-electron chi connectivity index (χ3n) is 1.63. The van der Waals surface area contributed by atoms with E-state index >= 15 is 0 Å². The number of rotatable bonds is 5. The van der Waals surface area contributed by atoms with Crippen LogP contribution in [0, 0.1) is 5.92 Å². The van der Waals surface area contributed by atoms with Gasteiger partial charge in [-0.1, -0.05) is 13.8 Å². The molecule has 74 valence electrons. The second kappa shape index (κ2) is 4.94. The largest absolute Gasteiger partial charge is 0.338 e. The molecule has 0 bridgehead atoms. The van der Waals surface area contributed by atoms with E-state index in [0.717, 1.165) is 0 Å². The lowest BCUT2D eigenvalue weighted by molar-refractivity contribution is 0.0446. The molecule has 0 rings (SSSR count). The third kappa shape index (κ3) is 4.85. The van der Waals surface area contributed by atoms with Gasteiger partial charge in [-0.15, -0.1) is 0 Å². The van der Waals surface area contributed by atoms with E-state index in [1.165, 1.54) is 0 Å². The standard InChI is InChI=1S/C7H15ClF2N2/c1-5(2)3-4-6(12-11)7(8,9)10/h5-6,12H,3-4,11H2,1-2H3. The normalized spacial score (nSPS) is 15.2. The molecule has 0 radical (unpaired) electrons. The van der Waals surface area contributed by atoms with Gasteiger partial charge in [0, 0.05) is 0 Å². The molecule has 12 heavy (non-hydrogen) atoms. The van der Waals surface area contributed by atoms with Crippen molar-refractivity contribution in [2.75, 3.05) is 0 Å². The van der Waals surface area contributed by atoms with Gasteiger partial charge in [0.25, 0.3) is 0 Å². The van der Waals surface area contributed by atoms with Crippen LogP contribution in [0.4, 0.5) is 8.78 Å². The summed E-state index contributed by atoms with van der Waals surface area (Å²) in [5, 5.41) is -3.26. The molecular weight excluding hydrogens is 186 g/mol. The van der Waals surface area contributed by atoms with E-state index in [1.807, 2.05) is 19.3 Å². The SMILES string of the molecule is CC(C)CCC(NN)C(F)(F)Cl. The Bertz CT molecular complexity index is 125. The molecule has 0 saturated heterocycles. The lowest BCUT2D eigenvalue weighted by Gasteiger charge is -2.21. The fourth-order valence-corrected chi connectivity index (χ4v) is 1.01. The summed E-state index contributed by atoms with van der Waals surface area (Å²) in [5.41, 5.74) is 2.02. The number of hydrazine groups is 1. The van der Waals surface area contributed by atoms with Gasteiger partial charge < -0.3 is 0 Å². The van der Waals surface area contributed by atoms with E-state index in [1.54, 1.807) is 0 Å². The highest BCUT2D eigenvalue weighted by molar-refractivity contribution is 6.22. The molecule has 3 N–H and O–H groups in total. The zero-order valence-electron chi connectivity index (χ0n) is 7.28. The van der Waals surface area contributed by atoms with Crippen LogP contribution in [0.5, 0.6) is 0 Å². The zero-order valence-corrected chi connectivity index (χ0v) is 8.04. The molecule has 5 heteroatoms. The van der Waals surface area contributed by atoms with E-state index in [2.05, 4.69) is 0 Å². The van der Waals surface area contributed by atoms with E-state index in [9.17, 15) is 8.78 Å². The van der Waals surface area contributed by atoms with Crippen molar-refractivity contribution >= 4 is 11.6 Å². The molecule has 2 nitrogen and oxygen atoms in total. The van der Waals surface area contributed by atoms with Gasteiger partial charge in [-0.2, -0.15) is 8.78 Å². The van der Waals surface area contributed by atoms with E-state index in [4.69, 9.17) is 17.4 Å². The molecule has 0 amide bonds. The highest BCUT2D eigenvalue weighted by atomic mass is 35.5. The molecular formula is C7H15ClF2N2. The number of hydrogen-bond donors (Lipinski definition) is 2. The van der Waals surface area contributed by atoms with Crippen molar-refractivity contribution in [1.29, 1.82) is 0 Å². The Kier molecular flexibility index (Phi) is 4.97. The first-order valence-electron chi connectivity index (χ1n) is 3.90. The van der Waals surface area contributed by atoms with Crippen LogP contribution in [-0.2, 0) is 0 Å². The Morgan fingerprint density at radius 2 is 1.92 bits per heavy atom. The number of nitrogens with one attached hydrogen (secondary N) is 1. The van der Waals surface area contributed by atoms with Gasteiger partial charge >= 0.3 is 5.38 Å². The van der Waals surface area contributed by atoms with Crippen molar-refractivity contribution in [3.05, 3.63) is 0 Å². The smallest absolute Gasteiger partial charge is 0.271 e. The number of halogens is 3. The molecule has 0 spiro atoms. The summed E-state index contributed by atoms with van der Waals surface area (Å²) in [5.74, 6) is 5.31. The minimum absolute atomic E-state index is 0.282. The highest BCUT2D eigenvalue weighted by Gasteiger charge is 2.35.